The van der Waals surface area contributed by atoms with Crippen molar-refractivity contribution in [1.82, 2.24) is 24.6 Å². The van der Waals surface area contributed by atoms with E-state index < -0.39 is 6.09 Å². The maximum absolute atomic E-state index is 12.1. The van der Waals surface area contributed by atoms with Gasteiger partial charge in [0.2, 0.25) is 5.91 Å². The van der Waals surface area contributed by atoms with Gasteiger partial charge in [0, 0.05) is 24.0 Å². The van der Waals surface area contributed by atoms with Crippen molar-refractivity contribution in [3.63, 3.8) is 0 Å². The Kier molecular flexibility index (Phi) is 3.93. The first-order valence-corrected chi connectivity index (χ1v) is 8.68. The Morgan fingerprint density at radius 3 is 2.75 bits per heavy atom. The molecule has 1 aliphatic carbocycles. The van der Waals surface area contributed by atoms with E-state index in [-0.39, 0.29) is 18.3 Å². The van der Waals surface area contributed by atoms with E-state index in [2.05, 4.69) is 19.7 Å². The Morgan fingerprint density at radius 1 is 1.29 bits per heavy atom. The summed E-state index contributed by atoms with van der Waals surface area (Å²) >= 11 is 1.30. The first-order valence-electron chi connectivity index (χ1n) is 7.69. The summed E-state index contributed by atoms with van der Waals surface area (Å²) in [6.45, 7) is 0.579. The Hall–Kier alpha value is -2.42. The average molecular weight is 345 g/mol. The van der Waals surface area contributed by atoms with Gasteiger partial charge >= 0.3 is 6.09 Å². The van der Waals surface area contributed by atoms with E-state index >= 15 is 0 Å². The van der Waals surface area contributed by atoms with Gasteiger partial charge in [-0.05, 0) is 25.0 Å². The first kappa shape index (κ1) is 15.1. The second-order valence-electron chi connectivity index (χ2n) is 5.59. The Morgan fingerprint density at radius 2 is 2.08 bits per heavy atom. The van der Waals surface area contributed by atoms with E-state index in [0.717, 1.165) is 29.1 Å². The van der Waals surface area contributed by atoms with Crippen LogP contribution in [-0.4, -0.2) is 55.6 Å². The zero-order valence-electron chi connectivity index (χ0n) is 12.8. The fourth-order valence-corrected chi connectivity index (χ4v) is 3.44. The molecule has 0 N–H and O–H groups in total. The van der Waals surface area contributed by atoms with Crippen LogP contribution in [0.3, 0.4) is 0 Å². The maximum atomic E-state index is 12.1. The van der Waals surface area contributed by atoms with Crippen LogP contribution < -0.4 is 0 Å². The highest BCUT2D eigenvalue weighted by Crippen LogP contribution is 2.41. The largest absolute Gasteiger partial charge is 0.447 e. The monoisotopic (exact) mass is 345 g/mol. The lowest BCUT2D eigenvalue weighted by atomic mass is 10.2. The zero-order chi connectivity index (χ0) is 16.5. The third-order valence-corrected chi connectivity index (χ3v) is 4.83. The second-order valence-corrected chi connectivity index (χ2v) is 6.53. The summed E-state index contributed by atoms with van der Waals surface area (Å²) in [5.41, 5.74) is 0.950. The number of aromatic nitrogens is 4. The average Bonchev–Trinajstić information content (AvgIpc) is 3.21. The van der Waals surface area contributed by atoms with Crippen LogP contribution in [0.4, 0.5) is 4.79 Å². The normalized spacial score (nSPS) is 17.2. The second kappa shape index (κ2) is 6.23. The minimum Gasteiger partial charge on any atom is -0.447 e. The van der Waals surface area contributed by atoms with Crippen molar-refractivity contribution in [2.75, 3.05) is 18.9 Å². The number of thioether (sulfide) groups is 1. The van der Waals surface area contributed by atoms with E-state index in [1.54, 1.807) is 12.4 Å². The van der Waals surface area contributed by atoms with E-state index in [1.807, 2.05) is 12.1 Å². The van der Waals surface area contributed by atoms with Crippen LogP contribution in [0.15, 0.2) is 29.7 Å². The fraction of sp³-hybridized carbons (Fsp3) is 0.400. The smallest absolute Gasteiger partial charge is 0.416 e. The lowest BCUT2D eigenvalue weighted by Gasteiger charge is -2.11. The van der Waals surface area contributed by atoms with E-state index in [9.17, 15) is 9.59 Å². The summed E-state index contributed by atoms with van der Waals surface area (Å²) in [4.78, 5) is 28.7. The lowest BCUT2D eigenvalue weighted by molar-refractivity contribution is -0.125. The molecule has 0 atom stereocenters. The molecule has 8 nitrogen and oxygen atoms in total. The Labute approximate surface area is 142 Å². The first-order chi connectivity index (χ1) is 11.7. The van der Waals surface area contributed by atoms with Crippen LogP contribution in [0.1, 0.15) is 18.9 Å². The summed E-state index contributed by atoms with van der Waals surface area (Å²) in [5, 5.41) is 9.23. The Balaban J connectivity index is 1.52. The summed E-state index contributed by atoms with van der Waals surface area (Å²) in [6, 6.07) is 4.16. The molecule has 1 saturated heterocycles. The van der Waals surface area contributed by atoms with Crippen molar-refractivity contribution in [1.29, 1.82) is 0 Å². The van der Waals surface area contributed by atoms with Gasteiger partial charge in [-0.2, -0.15) is 0 Å². The number of carbonyl (C=O) groups excluding carboxylic acids is 2. The van der Waals surface area contributed by atoms with Crippen LogP contribution in [0.2, 0.25) is 0 Å². The molecule has 0 bridgehead atoms. The summed E-state index contributed by atoms with van der Waals surface area (Å²) in [6.07, 6.45) is 5.03. The minimum atomic E-state index is -0.568. The molecule has 9 heteroatoms. The van der Waals surface area contributed by atoms with Gasteiger partial charge in [0.1, 0.15) is 6.61 Å². The van der Waals surface area contributed by atoms with Crippen molar-refractivity contribution in [2.24, 2.45) is 0 Å². The van der Waals surface area contributed by atoms with Crippen LogP contribution in [-0.2, 0) is 9.53 Å². The van der Waals surface area contributed by atoms with Gasteiger partial charge in [-0.25, -0.2) is 9.69 Å². The molecule has 0 spiro atoms. The SMILES string of the molecule is O=C(CSc1nnc(-c2ccncc2)n1C1CC1)N1CCOC1=O. The third kappa shape index (κ3) is 2.86. The summed E-state index contributed by atoms with van der Waals surface area (Å²) in [5.74, 6) is 0.657. The van der Waals surface area contributed by atoms with Crippen LogP contribution in [0.5, 0.6) is 0 Å². The van der Waals surface area contributed by atoms with Gasteiger partial charge in [0.05, 0.1) is 12.3 Å². The molecule has 2 amide bonds. The van der Waals surface area contributed by atoms with Gasteiger partial charge < -0.3 is 4.74 Å². The standard InChI is InChI=1S/C15H15N5O3S/c21-12(19-7-8-23-15(19)22)9-24-14-18-17-13(20(14)11-1-2-11)10-3-5-16-6-4-10/h3-6,11H,1-2,7-9H2. The summed E-state index contributed by atoms with van der Waals surface area (Å²) in [7, 11) is 0. The topological polar surface area (TPSA) is 90.2 Å². The van der Waals surface area contributed by atoms with Crippen molar-refractivity contribution < 1.29 is 14.3 Å². The van der Waals surface area contributed by atoms with E-state index in [0.29, 0.717) is 17.7 Å². The highest BCUT2D eigenvalue weighted by molar-refractivity contribution is 7.99. The predicted molar refractivity (Wildman–Crippen MR) is 85.3 cm³/mol. The number of hydrogen-bond acceptors (Lipinski definition) is 7. The molecule has 0 aromatic carbocycles. The highest BCUT2D eigenvalue weighted by atomic mass is 32.2. The molecule has 2 aromatic heterocycles. The molecular formula is C15H15N5O3S. The molecular weight excluding hydrogens is 330 g/mol. The number of hydrogen-bond donors (Lipinski definition) is 0. The number of carbonyl (C=O) groups is 2. The molecule has 2 aliphatic rings. The van der Waals surface area contributed by atoms with Crippen LogP contribution in [0.25, 0.3) is 11.4 Å². The Bertz CT molecular complexity index is 775. The van der Waals surface area contributed by atoms with Crippen LogP contribution >= 0.6 is 11.8 Å². The molecule has 2 fully saturated rings. The number of rotatable bonds is 5. The maximum Gasteiger partial charge on any atom is 0.416 e. The van der Waals surface area contributed by atoms with Gasteiger partial charge in [0.15, 0.2) is 11.0 Å². The fourth-order valence-electron chi connectivity index (χ4n) is 2.56. The zero-order valence-corrected chi connectivity index (χ0v) is 13.6. The molecule has 1 saturated carbocycles. The molecule has 3 heterocycles. The lowest BCUT2D eigenvalue weighted by Crippen LogP contribution is -2.33. The molecule has 24 heavy (non-hydrogen) atoms. The number of ether oxygens (including phenoxy) is 1. The molecule has 2 aromatic rings. The van der Waals surface area contributed by atoms with E-state index in [4.69, 9.17) is 4.74 Å². The van der Waals surface area contributed by atoms with Gasteiger partial charge in [-0.1, -0.05) is 11.8 Å². The van der Waals surface area contributed by atoms with Gasteiger partial charge in [0.25, 0.3) is 0 Å². The van der Waals surface area contributed by atoms with Crippen molar-refractivity contribution in [3.8, 4) is 11.4 Å². The van der Waals surface area contributed by atoms with Crippen molar-refractivity contribution in [2.45, 2.75) is 24.0 Å². The highest BCUT2D eigenvalue weighted by Gasteiger charge is 2.32. The number of amides is 2. The van der Waals surface area contributed by atoms with Crippen molar-refractivity contribution >= 4 is 23.8 Å². The van der Waals surface area contributed by atoms with Gasteiger partial charge in [-0.15, -0.1) is 10.2 Å². The molecule has 124 valence electrons. The minimum absolute atomic E-state index is 0.135. The number of pyridine rings is 1. The van der Waals surface area contributed by atoms with E-state index in [1.165, 1.54) is 11.8 Å². The predicted octanol–water partition coefficient (Wildman–Crippen LogP) is 1.75. The van der Waals surface area contributed by atoms with Crippen molar-refractivity contribution in [3.05, 3.63) is 24.5 Å². The number of cyclic esters (lactones) is 1. The summed E-state index contributed by atoms with van der Waals surface area (Å²) < 4.78 is 6.87. The number of nitrogens with zero attached hydrogens (tertiary/aromatic N) is 5. The number of imide groups is 1. The molecule has 4 rings (SSSR count). The van der Waals surface area contributed by atoms with Crippen LogP contribution in [0, 0.1) is 0 Å². The molecule has 1 aliphatic heterocycles. The quantitative estimate of drug-likeness (QED) is 0.762. The molecule has 0 radical (unpaired) electrons. The third-order valence-electron chi connectivity index (χ3n) is 3.90. The van der Waals surface area contributed by atoms with Gasteiger partial charge in [-0.3, -0.25) is 14.3 Å². The molecule has 0 unspecified atom stereocenters.